The van der Waals surface area contributed by atoms with Gasteiger partial charge in [0, 0.05) is 30.1 Å². The Kier molecular flexibility index (Phi) is 6.11. The normalized spacial score (nSPS) is 10.8. The maximum atomic E-state index is 13.0. The monoisotopic (exact) mass is 365 g/mol. The first-order valence-electron chi connectivity index (χ1n) is 7.45. The van der Waals surface area contributed by atoms with Crippen LogP contribution in [0.2, 0.25) is 5.02 Å². The van der Waals surface area contributed by atoms with Crippen LogP contribution in [-0.2, 0) is 17.4 Å². The first-order valence-corrected chi connectivity index (χ1v) is 7.83. The fourth-order valence-corrected chi connectivity index (χ4v) is 2.38. The van der Waals surface area contributed by atoms with Crippen molar-refractivity contribution in [2.45, 2.75) is 12.6 Å². The number of nitrogens with zero attached hydrogens (tertiary/aromatic N) is 1. The molecule has 0 unspecified atom stereocenters. The molecule has 2 aromatic carbocycles. The molecule has 0 aromatic heterocycles. The first-order chi connectivity index (χ1) is 11.8. The summed E-state index contributed by atoms with van der Waals surface area (Å²) < 4.78 is 38.9. The van der Waals surface area contributed by atoms with Crippen LogP contribution in [0, 0.1) is 11.8 Å². The van der Waals surface area contributed by atoms with Crippen molar-refractivity contribution in [2.24, 2.45) is 0 Å². The number of carbonyl (C=O) groups excluding carboxylic acids is 1. The van der Waals surface area contributed by atoms with Gasteiger partial charge in [0.1, 0.15) is 0 Å². The number of halogens is 4. The van der Waals surface area contributed by atoms with Gasteiger partial charge in [0.15, 0.2) is 0 Å². The molecule has 130 valence electrons. The predicted octanol–water partition coefficient (Wildman–Crippen LogP) is 4.41. The summed E-state index contributed by atoms with van der Waals surface area (Å²) >= 11 is 5.84. The van der Waals surface area contributed by atoms with Gasteiger partial charge in [0.2, 0.25) is 0 Å². The van der Waals surface area contributed by atoms with Gasteiger partial charge in [-0.3, -0.25) is 4.79 Å². The van der Waals surface area contributed by atoms with E-state index in [2.05, 4.69) is 11.8 Å². The molecule has 2 rings (SSSR count). The molecule has 2 aromatic rings. The Labute approximate surface area is 149 Å². The zero-order valence-corrected chi connectivity index (χ0v) is 14.2. The van der Waals surface area contributed by atoms with E-state index in [9.17, 15) is 18.0 Å². The smallest absolute Gasteiger partial charge is 0.335 e. The quantitative estimate of drug-likeness (QED) is 0.738. The van der Waals surface area contributed by atoms with Crippen molar-refractivity contribution < 1.29 is 18.0 Å². The predicted molar refractivity (Wildman–Crippen MR) is 91.1 cm³/mol. The average molecular weight is 366 g/mol. The molecule has 0 radical (unpaired) electrons. The minimum absolute atomic E-state index is 0.0940. The van der Waals surface area contributed by atoms with E-state index in [0.29, 0.717) is 10.6 Å². The molecule has 6 heteroatoms. The van der Waals surface area contributed by atoms with Crippen LogP contribution in [-0.4, -0.2) is 24.4 Å². The topological polar surface area (TPSA) is 20.3 Å². The Bertz CT molecular complexity index is 821. The van der Waals surface area contributed by atoms with E-state index < -0.39 is 17.6 Å². The Balaban J connectivity index is 2.02. The second-order valence-electron chi connectivity index (χ2n) is 5.39. The molecule has 2 nitrogen and oxygen atoms in total. The maximum absolute atomic E-state index is 13.0. The molecule has 0 N–H and O–H groups in total. The first kappa shape index (κ1) is 18.9. The van der Waals surface area contributed by atoms with Crippen molar-refractivity contribution in [3.63, 3.8) is 0 Å². The van der Waals surface area contributed by atoms with Gasteiger partial charge in [-0.1, -0.05) is 41.8 Å². The maximum Gasteiger partial charge on any atom is 0.416 e. The van der Waals surface area contributed by atoms with E-state index in [4.69, 9.17) is 11.6 Å². The van der Waals surface area contributed by atoms with E-state index in [1.165, 1.54) is 24.1 Å². The third-order valence-electron chi connectivity index (χ3n) is 3.52. The minimum atomic E-state index is -4.41. The summed E-state index contributed by atoms with van der Waals surface area (Å²) in [5, 5.41) is 0.511. The highest BCUT2D eigenvalue weighted by Crippen LogP contribution is 2.32. The standard InChI is InChI=1S/C19H15ClF3NO/c1-24(18(25)10-9-14-5-4-7-16(20)13-14)12-11-15-6-2-3-8-17(15)19(21,22)23/h2-8,13H,11-12H2,1H3. The number of amides is 1. The number of alkyl halides is 3. The third-order valence-corrected chi connectivity index (χ3v) is 3.76. The second kappa shape index (κ2) is 8.09. The average Bonchev–Trinajstić information content (AvgIpc) is 2.57. The van der Waals surface area contributed by atoms with Gasteiger partial charge in [-0.2, -0.15) is 13.2 Å². The molecule has 25 heavy (non-hydrogen) atoms. The minimum Gasteiger partial charge on any atom is -0.335 e. The van der Waals surface area contributed by atoms with Gasteiger partial charge in [0.25, 0.3) is 5.91 Å². The summed E-state index contributed by atoms with van der Waals surface area (Å²) in [4.78, 5) is 13.3. The van der Waals surface area contributed by atoms with Crippen molar-refractivity contribution >= 4 is 17.5 Å². The van der Waals surface area contributed by atoms with Gasteiger partial charge in [0.05, 0.1) is 5.56 Å². The molecule has 0 heterocycles. The lowest BCUT2D eigenvalue weighted by atomic mass is 10.0. The van der Waals surface area contributed by atoms with Crippen molar-refractivity contribution in [1.82, 2.24) is 4.90 Å². The summed E-state index contributed by atoms with van der Waals surface area (Å²) in [5.41, 5.74) is 0.0648. The summed E-state index contributed by atoms with van der Waals surface area (Å²) in [5.74, 6) is 4.69. The van der Waals surface area contributed by atoms with Gasteiger partial charge in [-0.15, -0.1) is 0 Å². The zero-order valence-electron chi connectivity index (χ0n) is 13.4. The molecule has 0 atom stereocenters. The molecule has 0 aliphatic carbocycles. The number of rotatable bonds is 3. The summed E-state index contributed by atoms with van der Waals surface area (Å²) in [6, 6.07) is 12.1. The zero-order chi connectivity index (χ0) is 18.4. The molecule has 0 aliphatic heterocycles. The number of likely N-dealkylation sites (N-methyl/N-ethyl adjacent to an activating group) is 1. The van der Waals surface area contributed by atoms with Crippen LogP contribution in [0.5, 0.6) is 0 Å². The van der Waals surface area contributed by atoms with Crippen molar-refractivity contribution in [1.29, 1.82) is 0 Å². The van der Waals surface area contributed by atoms with Crippen LogP contribution >= 0.6 is 11.6 Å². The third kappa shape index (κ3) is 5.54. The Hall–Kier alpha value is -2.45. The molecule has 0 bridgehead atoms. The van der Waals surface area contributed by atoms with E-state index in [1.54, 1.807) is 30.3 Å². The van der Waals surface area contributed by atoms with Gasteiger partial charge < -0.3 is 4.90 Å². The SMILES string of the molecule is CN(CCc1ccccc1C(F)(F)F)C(=O)C#Cc1cccc(Cl)c1. The molecule has 0 aliphatic rings. The van der Waals surface area contributed by atoms with E-state index in [0.717, 1.165) is 6.07 Å². The van der Waals surface area contributed by atoms with Crippen molar-refractivity contribution in [3.05, 3.63) is 70.2 Å². The van der Waals surface area contributed by atoms with E-state index in [1.807, 2.05) is 0 Å². The Morgan fingerprint density at radius 3 is 2.56 bits per heavy atom. The largest absolute Gasteiger partial charge is 0.416 e. The second-order valence-corrected chi connectivity index (χ2v) is 5.83. The molecule has 0 spiro atoms. The van der Waals surface area contributed by atoms with Crippen LogP contribution in [0.15, 0.2) is 48.5 Å². The van der Waals surface area contributed by atoms with Crippen LogP contribution in [0.25, 0.3) is 0 Å². The van der Waals surface area contributed by atoms with Gasteiger partial charge in [-0.05, 0) is 36.2 Å². The lowest BCUT2D eigenvalue weighted by molar-refractivity contribution is -0.138. The van der Waals surface area contributed by atoms with E-state index in [-0.39, 0.29) is 18.5 Å². The Morgan fingerprint density at radius 1 is 1.16 bits per heavy atom. The summed E-state index contributed by atoms with van der Waals surface area (Å²) in [6.07, 6.45) is -4.32. The lowest BCUT2D eigenvalue weighted by Gasteiger charge is -2.16. The van der Waals surface area contributed by atoms with Crippen LogP contribution < -0.4 is 0 Å². The summed E-state index contributed by atoms with van der Waals surface area (Å²) in [6.45, 7) is 0.135. The lowest BCUT2D eigenvalue weighted by Crippen LogP contribution is -2.28. The Morgan fingerprint density at radius 2 is 1.88 bits per heavy atom. The van der Waals surface area contributed by atoms with Gasteiger partial charge in [-0.25, -0.2) is 0 Å². The number of hydrogen-bond acceptors (Lipinski definition) is 1. The van der Waals surface area contributed by atoms with Crippen LogP contribution in [0.4, 0.5) is 13.2 Å². The van der Waals surface area contributed by atoms with Gasteiger partial charge >= 0.3 is 6.18 Å². The van der Waals surface area contributed by atoms with Crippen LogP contribution in [0.3, 0.4) is 0 Å². The van der Waals surface area contributed by atoms with E-state index >= 15 is 0 Å². The summed E-state index contributed by atoms with van der Waals surface area (Å²) in [7, 11) is 1.51. The molecule has 1 amide bonds. The number of benzene rings is 2. The fourth-order valence-electron chi connectivity index (χ4n) is 2.19. The highest BCUT2D eigenvalue weighted by Gasteiger charge is 2.32. The molecule has 0 fully saturated rings. The molecular weight excluding hydrogens is 351 g/mol. The molecule has 0 saturated heterocycles. The number of carbonyl (C=O) groups is 1. The number of hydrogen-bond donors (Lipinski definition) is 0. The van der Waals surface area contributed by atoms with Crippen molar-refractivity contribution in [2.75, 3.05) is 13.6 Å². The van der Waals surface area contributed by atoms with Crippen LogP contribution in [0.1, 0.15) is 16.7 Å². The highest BCUT2D eigenvalue weighted by molar-refractivity contribution is 6.30. The highest BCUT2D eigenvalue weighted by atomic mass is 35.5. The molecular formula is C19H15ClF3NO. The fraction of sp³-hybridized carbons (Fsp3) is 0.211. The molecule has 0 saturated carbocycles. The van der Waals surface area contributed by atoms with Crippen molar-refractivity contribution in [3.8, 4) is 11.8 Å².